The van der Waals surface area contributed by atoms with Gasteiger partial charge in [-0.2, -0.15) is 0 Å². The van der Waals surface area contributed by atoms with E-state index in [-0.39, 0.29) is 11.8 Å². The molecule has 2 aromatic rings. The number of hydrogen-bond donors (Lipinski definition) is 3. The fourth-order valence-corrected chi connectivity index (χ4v) is 4.20. The summed E-state index contributed by atoms with van der Waals surface area (Å²) in [6.45, 7) is 2.82. The summed E-state index contributed by atoms with van der Waals surface area (Å²) in [4.78, 5) is 29.9. The number of carbonyl (C=O) groups excluding carboxylic acids is 2. The maximum Gasteiger partial charge on any atom is 0.240 e. The van der Waals surface area contributed by atoms with E-state index in [4.69, 9.17) is 0 Å². The van der Waals surface area contributed by atoms with Gasteiger partial charge >= 0.3 is 0 Å². The highest BCUT2D eigenvalue weighted by atomic mass is 16.2. The second kappa shape index (κ2) is 7.11. The van der Waals surface area contributed by atoms with E-state index in [2.05, 4.69) is 27.8 Å². The molecule has 3 N–H and O–H groups in total. The number of nitrogens with zero attached hydrogens (tertiary/aromatic N) is 1. The number of aryl methyl sites for hydroxylation is 1. The van der Waals surface area contributed by atoms with Crippen LogP contribution in [0.3, 0.4) is 0 Å². The third-order valence-corrected chi connectivity index (χ3v) is 5.79. The average molecular weight is 354 g/mol. The van der Waals surface area contributed by atoms with Gasteiger partial charge in [0.05, 0.1) is 0 Å². The molecule has 0 bridgehead atoms. The monoisotopic (exact) mass is 354 g/mol. The Labute approximate surface area is 153 Å². The van der Waals surface area contributed by atoms with Crippen LogP contribution in [-0.2, 0) is 16.0 Å². The van der Waals surface area contributed by atoms with Crippen LogP contribution in [-0.4, -0.2) is 53.4 Å². The maximum absolute atomic E-state index is 12.5. The van der Waals surface area contributed by atoms with Crippen molar-refractivity contribution in [2.45, 2.75) is 37.6 Å². The Morgan fingerprint density at radius 3 is 2.77 bits per heavy atom. The predicted molar refractivity (Wildman–Crippen MR) is 101 cm³/mol. The van der Waals surface area contributed by atoms with Crippen molar-refractivity contribution in [3.05, 3.63) is 36.0 Å². The number of likely N-dealkylation sites (tertiary alicyclic amines) is 1. The largest absolute Gasteiger partial charge is 0.361 e. The van der Waals surface area contributed by atoms with E-state index in [0.717, 1.165) is 24.9 Å². The van der Waals surface area contributed by atoms with Gasteiger partial charge in [0.1, 0.15) is 5.54 Å². The summed E-state index contributed by atoms with van der Waals surface area (Å²) < 4.78 is 0. The number of fused-ring (bicyclic) bond motifs is 1. The van der Waals surface area contributed by atoms with E-state index >= 15 is 0 Å². The van der Waals surface area contributed by atoms with E-state index in [0.29, 0.717) is 38.9 Å². The molecule has 0 radical (unpaired) electrons. The van der Waals surface area contributed by atoms with Crippen LogP contribution in [0.25, 0.3) is 10.9 Å². The second-order valence-electron chi connectivity index (χ2n) is 7.36. The number of piperidine rings is 1. The highest BCUT2D eigenvalue weighted by molar-refractivity contribution is 5.87. The van der Waals surface area contributed by atoms with Gasteiger partial charge in [-0.25, -0.2) is 0 Å². The van der Waals surface area contributed by atoms with E-state index in [1.54, 1.807) is 0 Å². The zero-order chi connectivity index (χ0) is 18.0. The van der Waals surface area contributed by atoms with Gasteiger partial charge in [-0.1, -0.05) is 18.2 Å². The first-order chi connectivity index (χ1) is 12.7. The van der Waals surface area contributed by atoms with Gasteiger partial charge in [0.25, 0.3) is 0 Å². The molecule has 6 heteroatoms. The van der Waals surface area contributed by atoms with Crippen LogP contribution >= 0.6 is 0 Å². The minimum Gasteiger partial charge on any atom is -0.361 e. The van der Waals surface area contributed by atoms with E-state index in [1.807, 2.05) is 23.2 Å². The molecule has 1 aromatic carbocycles. The summed E-state index contributed by atoms with van der Waals surface area (Å²) in [5.74, 6) is 0.297. The number of rotatable bonds is 4. The molecule has 2 saturated heterocycles. The van der Waals surface area contributed by atoms with Gasteiger partial charge in [-0.15, -0.1) is 0 Å². The lowest BCUT2D eigenvalue weighted by Crippen LogP contribution is -2.66. The fraction of sp³-hybridized carbons (Fsp3) is 0.500. The van der Waals surface area contributed by atoms with Gasteiger partial charge < -0.3 is 20.5 Å². The second-order valence-corrected chi connectivity index (χ2v) is 7.36. The van der Waals surface area contributed by atoms with Crippen molar-refractivity contribution < 1.29 is 9.59 Å². The van der Waals surface area contributed by atoms with Crippen LogP contribution in [0.4, 0.5) is 0 Å². The highest BCUT2D eigenvalue weighted by Gasteiger charge is 2.43. The smallest absolute Gasteiger partial charge is 0.240 e. The summed E-state index contributed by atoms with van der Waals surface area (Å²) in [6.07, 6.45) is 5.76. The molecule has 1 spiro atoms. The molecular weight excluding hydrogens is 328 g/mol. The summed E-state index contributed by atoms with van der Waals surface area (Å²) in [7, 11) is 0. The molecule has 3 heterocycles. The number of para-hydroxylation sites is 1. The van der Waals surface area contributed by atoms with Crippen LogP contribution in [0.1, 0.15) is 31.2 Å². The van der Waals surface area contributed by atoms with Crippen LogP contribution in [0.5, 0.6) is 0 Å². The molecule has 2 amide bonds. The maximum atomic E-state index is 12.5. The summed E-state index contributed by atoms with van der Waals surface area (Å²) >= 11 is 0. The SMILES string of the molecule is O=C(CCCc1c[nH]c2ccccc12)N1CCC2(CC1)NCCNC2=O. The van der Waals surface area contributed by atoms with Crippen molar-refractivity contribution in [2.24, 2.45) is 0 Å². The number of H-pyrrole nitrogens is 1. The van der Waals surface area contributed by atoms with Crippen molar-refractivity contribution in [2.75, 3.05) is 26.2 Å². The van der Waals surface area contributed by atoms with Crippen LogP contribution in [0.15, 0.2) is 30.5 Å². The average Bonchev–Trinajstić information content (AvgIpc) is 3.08. The number of piperazine rings is 1. The Kier molecular flexibility index (Phi) is 4.68. The Hall–Kier alpha value is -2.34. The van der Waals surface area contributed by atoms with E-state index in [9.17, 15) is 9.59 Å². The van der Waals surface area contributed by atoms with Crippen LogP contribution in [0.2, 0.25) is 0 Å². The Morgan fingerprint density at radius 1 is 1.15 bits per heavy atom. The molecule has 2 aliphatic rings. The van der Waals surface area contributed by atoms with Crippen molar-refractivity contribution in [1.29, 1.82) is 0 Å². The molecule has 0 saturated carbocycles. The number of aromatic amines is 1. The third kappa shape index (κ3) is 3.21. The Balaban J connectivity index is 1.27. The molecule has 4 rings (SSSR count). The molecular formula is C20H26N4O2. The molecule has 0 aliphatic carbocycles. The van der Waals surface area contributed by atoms with Gasteiger partial charge in [0.15, 0.2) is 0 Å². The standard InChI is InChI=1S/C20H26N4O2/c25-18(7-3-4-15-14-22-17-6-2-1-5-16(15)17)24-12-8-20(9-13-24)19(26)21-10-11-23-20/h1-2,5-6,14,22-23H,3-4,7-13H2,(H,21,26). The van der Waals surface area contributed by atoms with Gasteiger partial charge in [-0.3, -0.25) is 9.59 Å². The summed E-state index contributed by atoms with van der Waals surface area (Å²) in [5.41, 5.74) is 1.96. The lowest BCUT2D eigenvalue weighted by Gasteiger charge is -2.43. The Bertz CT molecular complexity index is 805. The van der Waals surface area contributed by atoms with Crippen molar-refractivity contribution in [3.8, 4) is 0 Å². The quantitative estimate of drug-likeness (QED) is 0.780. The van der Waals surface area contributed by atoms with E-state index in [1.165, 1.54) is 10.9 Å². The molecule has 2 fully saturated rings. The van der Waals surface area contributed by atoms with Crippen molar-refractivity contribution in [1.82, 2.24) is 20.5 Å². The van der Waals surface area contributed by atoms with Crippen molar-refractivity contribution >= 4 is 22.7 Å². The van der Waals surface area contributed by atoms with Gasteiger partial charge in [-0.05, 0) is 37.3 Å². The molecule has 1 aromatic heterocycles. The number of nitrogens with one attached hydrogen (secondary N) is 3. The number of amides is 2. The molecule has 138 valence electrons. The number of hydrogen-bond acceptors (Lipinski definition) is 3. The molecule has 0 atom stereocenters. The van der Waals surface area contributed by atoms with Crippen LogP contribution < -0.4 is 10.6 Å². The Morgan fingerprint density at radius 2 is 1.96 bits per heavy atom. The van der Waals surface area contributed by atoms with Gasteiger partial charge in [0.2, 0.25) is 11.8 Å². The summed E-state index contributed by atoms with van der Waals surface area (Å²) in [5, 5.41) is 7.56. The zero-order valence-corrected chi connectivity index (χ0v) is 15.0. The first-order valence-electron chi connectivity index (χ1n) is 9.54. The number of carbonyl (C=O) groups is 2. The first-order valence-corrected chi connectivity index (χ1v) is 9.54. The predicted octanol–water partition coefficient (Wildman–Crippen LogP) is 1.57. The normalized spacial score (nSPS) is 19.7. The highest BCUT2D eigenvalue weighted by Crippen LogP contribution is 2.25. The van der Waals surface area contributed by atoms with Crippen molar-refractivity contribution in [3.63, 3.8) is 0 Å². The third-order valence-electron chi connectivity index (χ3n) is 5.79. The van der Waals surface area contributed by atoms with E-state index < -0.39 is 5.54 Å². The lowest BCUT2D eigenvalue weighted by atomic mass is 9.85. The minimum absolute atomic E-state index is 0.0928. The fourth-order valence-electron chi connectivity index (χ4n) is 4.20. The molecule has 6 nitrogen and oxygen atoms in total. The van der Waals surface area contributed by atoms with Crippen LogP contribution in [0, 0.1) is 0 Å². The summed E-state index contributed by atoms with van der Waals surface area (Å²) in [6, 6.07) is 8.26. The lowest BCUT2D eigenvalue weighted by molar-refractivity contribution is -0.138. The molecule has 26 heavy (non-hydrogen) atoms. The number of aromatic nitrogens is 1. The molecule has 2 aliphatic heterocycles. The molecule has 0 unspecified atom stereocenters. The zero-order valence-electron chi connectivity index (χ0n) is 15.0. The topological polar surface area (TPSA) is 77.2 Å². The minimum atomic E-state index is -0.459. The van der Waals surface area contributed by atoms with Gasteiger partial charge in [0, 0.05) is 49.7 Å². The number of benzene rings is 1. The first kappa shape index (κ1) is 17.1.